The van der Waals surface area contributed by atoms with E-state index in [1.165, 1.54) is 4.90 Å². The first-order valence-electron chi connectivity index (χ1n) is 9.01. The molecule has 0 spiro atoms. The van der Waals surface area contributed by atoms with Crippen molar-refractivity contribution in [3.63, 3.8) is 0 Å². The number of carbonyl (C=O) groups is 2. The number of carbonyl (C=O) groups excluding carboxylic acids is 2. The van der Waals surface area contributed by atoms with Gasteiger partial charge in [-0.3, -0.25) is 9.59 Å². The Morgan fingerprint density at radius 2 is 1.79 bits per heavy atom. The van der Waals surface area contributed by atoms with Gasteiger partial charge in [0.25, 0.3) is 5.91 Å². The van der Waals surface area contributed by atoms with Crippen LogP contribution in [0.3, 0.4) is 0 Å². The highest BCUT2D eigenvalue weighted by Gasteiger charge is 2.16. The Morgan fingerprint density at radius 3 is 2.52 bits per heavy atom. The molecule has 29 heavy (non-hydrogen) atoms. The molecule has 3 rings (SSSR count). The van der Waals surface area contributed by atoms with Gasteiger partial charge in [-0.05, 0) is 30.2 Å². The number of ether oxygens (including phenoxy) is 1. The van der Waals surface area contributed by atoms with Crippen molar-refractivity contribution in [2.45, 2.75) is 20.0 Å². The molecule has 1 amide bonds. The average Bonchev–Trinajstić information content (AvgIpc) is 3.08. The maximum Gasteiger partial charge on any atom is 0.437 e. The van der Waals surface area contributed by atoms with Crippen LogP contribution < -0.4 is 5.76 Å². The molecule has 0 saturated carbocycles. The molecular formula is C21H21N3O5. The number of benzene rings is 2. The minimum absolute atomic E-state index is 0.109. The highest BCUT2D eigenvalue weighted by Crippen LogP contribution is 2.14. The van der Waals surface area contributed by atoms with Crippen molar-refractivity contribution < 1.29 is 18.7 Å². The van der Waals surface area contributed by atoms with Gasteiger partial charge in [0.15, 0.2) is 6.61 Å². The third kappa shape index (κ3) is 5.19. The van der Waals surface area contributed by atoms with E-state index < -0.39 is 24.9 Å². The van der Waals surface area contributed by atoms with Gasteiger partial charge in [0.2, 0.25) is 5.89 Å². The maximum atomic E-state index is 12.2. The fraction of sp³-hybridized carbons (Fsp3) is 0.238. The summed E-state index contributed by atoms with van der Waals surface area (Å²) in [5.74, 6) is -1.77. The monoisotopic (exact) mass is 395 g/mol. The SMILES string of the molecule is Cc1ccccc1CN(C)C(=O)COC(=O)Cn1nc(-c2ccccc2)oc1=O. The summed E-state index contributed by atoms with van der Waals surface area (Å²) >= 11 is 0. The van der Waals surface area contributed by atoms with Crippen molar-refractivity contribution >= 4 is 11.9 Å². The molecule has 8 heteroatoms. The summed E-state index contributed by atoms with van der Waals surface area (Å²) < 4.78 is 10.9. The van der Waals surface area contributed by atoms with Crippen LogP contribution in [0, 0.1) is 6.92 Å². The first kappa shape index (κ1) is 20.1. The first-order valence-corrected chi connectivity index (χ1v) is 9.01. The van der Waals surface area contributed by atoms with Crippen LogP contribution >= 0.6 is 0 Å². The first-order chi connectivity index (χ1) is 13.9. The normalized spacial score (nSPS) is 10.6. The summed E-state index contributed by atoms with van der Waals surface area (Å²) in [5.41, 5.74) is 2.70. The summed E-state index contributed by atoms with van der Waals surface area (Å²) in [6.45, 7) is 1.52. The Balaban J connectivity index is 1.53. The Hall–Kier alpha value is -3.68. The molecule has 2 aromatic carbocycles. The molecule has 0 saturated heterocycles. The van der Waals surface area contributed by atoms with Crippen molar-refractivity contribution in [3.8, 4) is 11.5 Å². The van der Waals surface area contributed by atoms with Gasteiger partial charge < -0.3 is 14.1 Å². The lowest BCUT2D eigenvalue weighted by Gasteiger charge is -2.18. The van der Waals surface area contributed by atoms with Crippen LogP contribution in [-0.4, -0.2) is 40.2 Å². The zero-order valence-electron chi connectivity index (χ0n) is 16.2. The lowest BCUT2D eigenvalue weighted by molar-refractivity contribution is -0.152. The lowest BCUT2D eigenvalue weighted by atomic mass is 10.1. The molecule has 0 aliphatic rings. The summed E-state index contributed by atoms with van der Waals surface area (Å²) in [6, 6.07) is 16.6. The predicted molar refractivity (Wildman–Crippen MR) is 105 cm³/mol. The van der Waals surface area contributed by atoms with Crippen molar-refractivity contribution in [3.05, 3.63) is 76.3 Å². The number of hydrogen-bond donors (Lipinski definition) is 0. The molecule has 0 N–H and O–H groups in total. The van der Waals surface area contributed by atoms with Crippen LogP contribution in [0.5, 0.6) is 0 Å². The fourth-order valence-corrected chi connectivity index (χ4v) is 2.66. The van der Waals surface area contributed by atoms with Crippen LogP contribution in [-0.2, 0) is 27.4 Å². The maximum absolute atomic E-state index is 12.2. The molecule has 0 unspecified atom stereocenters. The largest absolute Gasteiger partial charge is 0.454 e. The Morgan fingerprint density at radius 1 is 1.10 bits per heavy atom. The van der Waals surface area contributed by atoms with Gasteiger partial charge >= 0.3 is 11.7 Å². The summed E-state index contributed by atoms with van der Waals surface area (Å²) in [5, 5.41) is 3.99. The van der Waals surface area contributed by atoms with Gasteiger partial charge in [-0.2, -0.15) is 4.68 Å². The molecular weight excluding hydrogens is 374 g/mol. The van der Waals surface area contributed by atoms with Gasteiger partial charge in [-0.15, -0.1) is 5.10 Å². The number of hydrogen-bond acceptors (Lipinski definition) is 6. The molecule has 0 fully saturated rings. The minimum Gasteiger partial charge on any atom is -0.454 e. The fourth-order valence-electron chi connectivity index (χ4n) is 2.66. The quantitative estimate of drug-likeness (QED) is 0.568. The van der Waals surface area contributed by atoms with E-state index in [-0.39, 0.29) is 11.8 Å². The van der Waals surface area contributed by atoms with E-state index in [1.807, 2.05) is 37.3 Å². The topological polar surface area (TPSA) is 94.6 Å². The Labute approximate surface area is 167 Å². The number of aryl methyl sites for hydroxylation is 1. The highest BCUT2D eigenvalue weighted by molar-refractivity contribution is 5.80. The van der Waals surface area contributed by atoms with E-state index in [2.05, 4.69) is 5.10 Å². The van der Waals surface area contributed by atoms with E-state index in [1.54, 1.807) is 31.3 Å². The number of rotatable bonds is 7. The predicted octanol–water partition coefficient (Wildman–Crippen LogP) is 2.01. The lowest BCUT2D eigenvalue weighted by Crippen LogP contribution is -2.32. The number of aromatic nitrogens is 2. The van der Waals surface area contributed by atoms with Crippen LogP contribution in [0.4, 0.5) is 0 Å². The van der Waals surface area contributed by atoms with Gasteiger partial charge in [0, 0.05) is 19.2 Å². The highest BCUT2D eigenvalue weighted by atomic mass is 16.5. The Bertz CT molecular complexity index is 1060. The molecule has 8 nitrogen and oxygen atoms in total. The third-order valence-corrected chi connectivity index (χ3v) is 4.36. The van der Waals surface area contributed by atoms with E-state index in [9.17, 15) is 14.4 Å². The number of nitrogens with zero attached hydrogens (tertiary/aromatic N) is 3. The number of amides is 1. The molecule has 0 atom stereocenters. The summed E-state index contributed by atoms with van der Waals surface area (Å²) in [4.78, 5) is 37.6. The zero-order chi connectivity index (χ0) is 20.8. The van der Waals surface area contributed by atoms with Crippen LogP contribution in [0.15, 0.2) is 63.8 Å². The second-order valence-electron chi connectivity index (χ2n) is 6.53. The molecule has 0 aliphatic heterocycles. The Kier molecular flexibility index (Phi) is 6.23. The second kappa shape index (κ2) is 9.01. The van der Waals surface area contributed by atoms with Crippen molar-refractivity contribution in [2.24, 2.45) is 0 Å². The van der Waals surface area contributed by atoms with Gasteiger partial charge in [0.05, 0.1) is 0 Å². The van der Waals surface area contributed by atoms with Crippen molar-refractivity contribution in [1.82, 2.24) is 14.7 Å². The van der Waals surface area contributed by atoms with Crippen molar-refractivity contribution in [1.29, 1.82) is 0 Å². The van der Waals surface area contributed by atoms with Crippen LogP contribution in [0.1, 0.15) is 11.1 Å². The van der Waals surface area contributed by atoms with E-state index in [4.69, 9.17) is 9.15 Å². The molecule has 150 valence electrons. The molecule has 1 aromatic heterocycles. The van der Waals surface area contributed by atoms with Gasteiger partial charge in [-0.1, -0.05) is 42.5 Å². The van der Waals surface area contributed by atoms with Crippen LogP contribution in [0.25, 0.3) is 11.5 Å². The molecule has 3 aromatic rings. The molecule has 0 bridgehead atoms. The number of likely N-dealkylation sites (N-methyl/N-ethyl adjacent to an activating group) is 1. The zero-order valence-corrected chi connectivity index (χ0v) is 16.2. The smallest absolute Gasteiger partial charge is 0.437 e. The summed E-state index contributed by atoms with van der Waals surface area (Å²) in [7, 11) is 1.64. The van der Waals surface area contributed by atoms with E-state index >= 15 is 0 Å². The van der Waals surface area contributed by atoms with Crippen LogP contribution in [0.2, 0.25) is 0 Å². The average molecular weight is 395 g/mol. The standard InChI is InChI=1S/C21H21N3O5/c1-15-8-6-7-11-17(15)12-23(2)18(25)14-28-19(26)13-24-21(27)29-20(22-24)16-9-4-3-5-10-16/h3-11H,12-14H2,1-2H3. The second-order valence-corrected chi connectivity index (χ2v) is 6.53. The van der Waals surface area contributed by atoms with Crippen molar-refractivity contribution in [2.75, 3.05) is 13.7 Å². The van der Waals surface area contributed by atoms with Gasteiger partial charge in [-0.25, -0.2) is 4.79 Å². The number of esters is 1. The van der Waals surface area contributed by atoms with Gasteiger partial charge in [0.1, 0.15) is 6.54 Å². The van der Waals surface area contributed by atoms with E-state index in [0.29, 0.717) is 12.1 Å². The summed E-state index contributed by atoms with van der Waals surface area (Å²) in [6.07, 6.45) is 0. The molecule has 1 heterocycles. The minimum atomic E-state index is -0.774. The van der Waals surface area contributed by atoms with E-state index in [0.717, 1.165) is 15.8 Å². The third-order valence-electron chi connectivity index (χ3n) is 4.36. The molecule has 0 radical (unpaired) electrons. The molecule has 0 aliphatic carbocycles.